The molecule has 1 N–H and O–H groups in total. The highest BCUT2D eigenvalue weighted by molar-refractivity contribution is 7.99. The molecule has 8 heteroatoms. The Bertz CT molecular complexity index is 596. The maximum absolute atomic E-state index is 10.6. The Kier molecular flexibility index (Phi) is 3.16. The summed E-state index contributed by atoms with van der Waals surface area (Å²) < 4.78 is 1.99. The van der Waals surface area contributed by atoms with Crippen LogP contribution in [-0.4, -0.2) is 41.6 Å². The zero-order valence-electron chi connectivity index (χ0n) is 9.93. The van der Waals surface area contributed by atoms with E-state index >= 15 is 0 Å². The summed E-state index contributed by atoms with van der Waals surface area (Å²) in [6.45, 7) is 0. The van der Waals surface area contributed by atoms with Crippen LogP contribution < -0.4 is 0 Å². The molecule has 0 amide bonds. The molecular weight excluding hydrogens is 266 g/mol. The summed E-state index contributed by atoms with van der Waals surface area (Å²) in [5.41, 5.74) is 0.795. The first-order chi connectivity index (χ1) is 9.25. The Balaban J connectivity index is 1.94. The number of carboxylic acids is 1. The molecule has 0 bridgehead atoms. The number of thioether (sulfide) groups is 1. The van der Waals surface area contributed by atoms with Gasteiger partial charge < -0.3 is 5.11 Å². The summed E-state index contributed by atoms with van der Waals surface area (Å²) in [7, 11) is 0. The minimum Gasteiger partial charge on any atom is -0.481 e. The van der Waals surface area contributed by atoms with Gasteiger partial charge >= 0.3 is 5.97 Å². The van der Waals surface area contributed by atoms with Crippen LogP contribution in [0.25, 0.3) is 11.4 Å². The average Bonchev–Trinajstić information content (AvgIpc) is 3.17. The first-order valence-corrected chi connectivity index (χ1v) is 6.79. The van der Waals surface area contributed by atoms with Gasteiger partial charge in [0.05, 0.1) is 11.3 Å². The molecule has 1 saturated carbocycles. The van der Waals surface area contributed by atoms with E-state index < -0.39 is 5.97 Å². The summed E-state index contributed by atoms with van der Waals surface area (Å²) in [4.78, 5) is 18.6. The maximum Gasteiger partial charge on any atom is 0.313 e. The number of hydrogen-bond acceptors (Lipinski definition) is 6. The molecule has 98 valence electrons. The molecule has 2 heterocycles. The van der Waals surface area contributed by atoms with Crippen LogP contribution in [0.2, 0.25) is 0 Å². The quantitative estimate of drug-likeness (QED) is 0.822. The maximum atomic E-state index is 10.6. The van der Waals surface area contributed by atoms with Crippen LogP contribution in [0.1, 0.15) is 18.9 Å². The van der Waals surface area contributed by atoms with Crippen LogP contribution in [0.5, 0.6) is 0 Å². The summed E-state index contributed by atoms with van der Waals surface area (Å²) in [5, 5.41) is 17.6. The van der Waals surface area contributed by atoms with Gasteiger partial charge in [0.2, 0.25) is 0 Å². The van der Waals surface area contributed by atoms with Gasteiger partial charge in [-0.2, -0.15) is 0 Å². The Morgan fingerprint density at radius 2 is 2.11 bits per heavy atom. The third-order valence-electron chi connectivity index (χ3n) is 2.72. The fourth-order valence-corrected chi connectivity index (χ4v) is 2.50. The minimum atomic E-state index is -0.861. The molecule has 0 saturated heterocycles. The minimum absolute atomic E-state index is 0.0177. The zero-order valence-corrected chi connectivity index (χ0v) is 10.7. The topological polar surface area (TPSA) is 93.8 Å². The molecule has 3 rings (SSSR count). The van der Waals surface area contributed by atoms with Crippen molar-refractivity contribution in [1.82, 2.24) is 24.7 Å². The fourth-order valence-electron chi connectivity index (χ4n) is 1.78. The van der Waals surface area contributed by atoms with Crippen molar-refractivity contribution in [3.05, 3.63) is 18.7 Å². The molecule has 0 unspecified atom stereocenters. The second-order valence-corrected chi connectivity index (χ2v) is 5.16. The van der Waals surface area contributed by atoms with Crippen LogP contribution in [0, 0.1) is 0 Å². The molecule has 1 aliphatic rings. The third kappa shape index (κ3) is 2.58. The van der Waals surface area contributed by atoms with Crippen LogP contribution in [-0.2, 0) is 4.79 Å². The number of nitrogens with zero attached hydrogens (tertiary/aromatic N) is 5. The highest BCUT2D eigenvalue weighted by Crippen LogP contribution is 2.40. The van der Waals surface area contributed by atoms with Crippen LogP contribution in [0.3, 0.4) is 0 Å². The SMILES string of the molecule is O=C(O)CSc1nnc(-c2cncnc2)n1C1CC1. The van der Waals surface area contributed by atoms with Gasteiger partial charge in [0, 0.05) is 18.4 Å². The second kappa shape index (κ2) is 4.96. The van der Waals surface area contributed by atoms with Crippen LogP contribution >= 0.6 is 11.8 Å². The zero-order chi connectivity index (χ0) is 13.2. The van der Waals surface area contributed by atoms with Crippen LogP contribution in [0.15, 0.2) is 23.9 Å². The second-order valence-electron chi connectivity index (χ2n) is 4.22. The van der Waals surface area contributed by atoms with Crippen molar-refractivity contribution in [3.63, 3.8) is 0 Å². The summed E-state index contributed by atoms with van der Waals surface area (Å²) in [6.07, 6.45) is 6.96. The molecule has 19 heavy (non-hydrogen) atoms. The number of hydrogen-bond donors (Lipinski definition) is 1. The lowest BCUT2D eigenvalue weighted by Crippen LogP contribution is -2.03. The van der Waals surface area contributed by atoms with Crippen molar-refractivity contribution in [2.75, 3.05) is 5.75 Å². The Morgan fingerprint density at radius 1 is 1.37 bits per heavy atom. The van der Waals surface area contributed by atoms with E-state index in [4.69, 9.17) is 5.11 Å². The number of aromatic nitrogens is 5. The number of rotatable bonds is 5. The fraction of sp³-hybridized carbons (Fsp3) is 0.364. The Morgan fingerprint density at radius 3 is 2.74 bits per heavy atom. The van der Waals surface area contributed by atoms with E-state index in [0.29, 0.717) is 17.0 Å². The van der Waals surface area contributed by atoms with E-state index in [2.05, 4.69) is 20.2 Å². The molecule has 0 atom stereocenters. The molecule has 1 aliphatic carbocycles. The van der Waals surface area contributed by atoms with Gasteiger partial charge in [0.15, 0.2) is 11.0 Å². The van der Waals surface area contributed by atoms with Crippen molar-refractivity contribution < 1.29 is 9.90 Å². The predicted octanol–water partition coefficient (Wildman–Crippen LogP) is 1.25. The first-order valence-electron chi connectivity index (χ1n) is 5.80. The van der Waals surface area contributed by atoms with Crippen molar-refractivity contribution in [2.24, 2.45) is 0 Å². The highest BCUT2D eigenvalue weighted by atomic mass is 32.2. The largest absolute Gasteiger partial charge is 0.481 e. The Hall–Kier alpha value is -1.96. The van der Waals surface area contributed by atoms with Crippen molar-refractivity contribution in [1.29, 1.82) is 0 Å². The smallest absolute Gasteiger partial charge is 0.313 e. The molecule has 0 aromatic carbocycles. The van der Waals surface area contributed by atoms with Crippen molar-refractivity contribution >= 4 is 17.7 Å². The molecule has 0 radical (unpaired) electrons. The Labute approximate surface area is 113 Å². The molecule has 0 spiro atoms. The molecular formula is C11H11N5O2S. The van der Waals surface area contributed by atoms with Gasteiger partial charge in [-0.05, 0) is 12.8 Å². The lowest BCUT2D eigenvalue weighted by atomic mass is 10.3. The number of aliphatic carboxylic acids is 1. The summed E-state index contributed by atoms with van der Waals surface area (Å²) in [6, 6.07) is 0.363. The average molecular weight is 277 g/mol. The van der Waals surface area contributed by atoms with E-state index in [9.17, 15) is 4.79 Å². The normalized spacial score (nSPS) is 14.5. The standard InChI is InChI=1S/C11H11N5O2S/c17-9(18)5-19-11-15-14-10(16(11)8-1-2-8)7-3-12-6-13-4-7/h3-4,6,8H,1-2,5H2,(H,17,18). The monoisotopic (exact) mass is 277 g/mol. The van der Waals surface area contributed by atoms with Gasteiger partial charge in [0.1, 0.15) is 6.33 Å². The molecule has 2 aromatic heterocycles. The van der Waals surface area contributed by atoms with Gasteiger partial charge in [-0.15, -0.1) is 10.2 Å². The molecule has 7 nitrogen and oxygen atoms in total. The van der Waals surface area contributed by atoms with E-state index in [1.54, 1.807) is 12.4 Å². The van der Waals surface area contributed by atoms with Gasteiger partial charge in [-0.3, -0.25) is 9.36 Å². The van der Waals surface area contributed by atoms with Crippen molar-refractivity contribution in [2.45, 2.75) is 24.0 Å². The lowest BCUT2D eigenvalue weighted by molar-refractivity contribution is -0.133. The van der Waals surface area contributed by atoms with Gasteiger partial charge in [0.25, 0.3) is 0 Å². The molecule has 1 fully saturated rings. The third-order valence-corrected chi connectivity index (χ3v) is 3.65. The van der Waals surface area contributed by atoms with Gasteiger partial charge in [-0.1, -0.05) is 11.8 Å². The summed E-state index contributed by atoms with van der Waals surface area (Å²) >= 11 is 1.19. The molecule has 2 aromatic rings. The van der Waals surface area contributed by atoms with Crippen molar-refractivity contribution in [3.8, 4) is 11.4 Å². The van der Waals surface area contributed by atoms with E-state index in [1.807, 2.05) is 4.57 Å². The van der Waals surface area contributed by atoms with E-state index in [0.717, 1.165) is 18.4 Å². The first kappa shape index (κ1) is 12.1. The lowest BCUT2D eigenvalue weighted by Gasteiger charge is -2.07. The molecule has 0 aliphatic heterocycles. The number of carbonyl (C=O) groups is 1. The highest BCUT2D eigenvalue weighted by Gasteiger charge is 2.30. The van der Waals surface area contributed by atoms with E-state index in [-0.39, 0.29) is 5.75 Å². The van der Waals surface area contributed by atoms with Crippen LogP contribution in [0.4, 0.5) is 0 Å². The van der Waals surface area contributed by atoms with E-state index in [1.165, 1.54) is 18.1 Å². The summed E-state index contributed by atoms with van der Waals surface area (Å²) in [5.74, 6) is -0.174. The predicted molar refractivity (Wildman–Crippen MR) is 67.7 cm³/mol. The number of carboxylic acid groups (broad SMARTS) is 1. The van der Waals surface area contributed by atoms with Gasteiger partial charge in [-0.25, -0.2) is 9.97 Å².